The van der Waals surface area contributed by atoms with E-state index in [-0.39, 0.29) is 6.04 Å². The van der Waals surface area contributed by atoms with E-state index in [4.69, 9.17) is 0 Å². The van der Waals surface area contributed by atoms with E-state index in [2.05, 4.69) is 10.6 Å². The summed E-state index contributed by atoms with van der Waals surface area (Å²) in [6.45, 7) is 3.69. The molecule has 1 rings (SSSR count). The zero-order valence-corrected chi connectivity index (χ0v) is 5.40. The predicted molar refractivity (Wildman–Crippen MR) is 34.7 cm³/mol. The van der Waals surface area contributed by atoms with Crippen LogP contribution in [0.25, 0.3) is 0 Å². The molecule has 1 saturated heterocycles. The van der Waals surface area contributed by atoms with Gasteiger partial charge < -0.3 is 10.6 Å². The minimum atomic E-state index is 0.149. The van der Waals surface area contributed by atoms with E-state index in [0.717, 1.165) is 13.1 Å². The van der Waals surface area contributed by atoms with Gasteiger partial charge in [-0.05, 0) is 6.92 Å². The molecule has 1 aliphatic heterocycles. The van der Waals surface area contributed by atoms with Gasteiger partial charge in [-0.15, -0.1) is 0 Å². The normalized spacial score (nSPS) is 26.8. The molecule has 50 valence electrons. The molecule has 0 unspecified atom stereocenters. The second kappa shape index (κ2) is 2.67. The molecule has 3 heteroatoms. The maximum atomic E-state index is 10.1. The third-order valence-electron chi connectivity index (χ3n) is 1.43. The van der Waals surface area contributed by atoms with Crippen molar-refractivity contribution in [3.8, 4) is 0 Å². The van der Waals surface area contributed by atoms with Crippen molar-refractivity contribution >= 4 is 5.94 Å². The van der Waals surface area contributed by atoms with Crippen molar-refractivity contribution in [2.75, 3.05) is 13.1 Å². The standard InChI is InChI=1S/C6H10N2O/c1-5-6(4-9)8-3-2-7-5/h5,7-8H,2-3H2,1H3/t5-/m1/s1. The summed E-state index contributed by atoms with van der Waals surface area (Å²) in [5.41, 5.74) is 0.640. The molecular formula is C6H10N2O. The van der Waals surface area contributed by atoms with Crippen LogP contribution in [0.1, 0.15) is 6.92 Å². The van der Waals surface area contributed by atoms with Gasteiger partial charge in [0.2, 0.25) is 0 Å². The van der Waals surface area contributed by atoms with E-state index >= 15 is 0 Å². The first-order valence-electron chi connectivity index (χ1n) is 3.07. The molecule has 0 bridgehead atoms. The first-order chi connectivity index (χ1) is 4.34. The summed E-state index contributed by atoms with van der Waals surface area (Å²) < 4.78 is 0. The largest absolute Gasteiger partial charge is 0.377 e. The minimum Gasteiger partial charge on any atom is -0.377 e. The van der Waals surface area contributed by atoms with Crippen LogP contribution in [0.4, 0.5) is 0 Å². The van der Waals surface area contributed by atoms with Gasteiger partial charge in [-0.2, -0.15) is 0 Å². The van der Waals surface area contributed by atoms with E-state index in [9.17, 15) is 4.79 Å². The molecule has 0 aromatic rings. The number of rotatable bonds is 0. The quantitative estimate of drug-likeness (QED) is 0.421. The van der Waals surface area contributed by atoms with Gasteiger partial charge in [0.05, 0.1) is 6.04 Å². The van der Waals surface area contributed by atoms with Crippen molar-refractivity contribution in [3.05, 3.63) is 5.70 Å². The number of carbonyl (C=O) groups excluding carboxylic acids is 1. The summed E-state index contributed by atoms with van der Waals surface area (Å²) in [6, 6.07) is 0.149. The maximum Gasteiger partial charge on any atom is 0.147 e. The maximum absolute atomic E-state index is 10.1. The lowest BCUT2D eigenvalue weighted by Gasteiger charge is -2.21. The molecule has 1 heterocycles. The van der Waals surface area contributed by atoms with Crippen LogP contribution in [-0.2, 0) is 4.79 Å². The van der Waals surface area contributed by atoms with Crippen LogP contribution in [0.5, 0.6) is 0 Å². The molecule has 0 saturated carbocycles. The van der Waals surface area contributed by atoms with E-state index in [1.165, 1.54) is 0 Å². The van der Waals surface area contributed by atoms with Gasteiger partial charge in [-0.3, -0.25) is 0 Å². The summed E-state index contributed by atoms with van der Waals surface area (Å²) >= 11 is 0. The third kappa shape index (κ3) is 1.31. The fourth-order valence-electron chi connectivity index (χ4n) is 0.865. The molecule has 0 aromatic heterocycles. The average Bonchev–Trinajstić information content (AvgIpc) is 1.89. The summed E-state index contributed by atoms with van der Waals surface area (Å²) in [4.78, 5) is 10.1. The second-order valence-corrected chi connectivity index (χ2v) is 2.12. The first kappa shape index (κ1) is 6.33. The van der Waals surface area contributed by atoms with E-state index < -0.39 is 0 Å². The molecule has 3 nitrogen and oxygen atoms in total. The smallest absolute Gasteiger partial charge is 0.147 e. The van der Waals surface area contributed by atoms with E-state index in [0.29, 0.717) is 5.70 Å². The van der Waals surface area contributed by atoms with Crippen LogP contribution in [0.3, 0.4) is 0 Å². The highest BCUT2D eigenvalue weighted by Gasteiger charge is 2.12. The number of hydrogen-bond donors (Lipinski definition) is 2. The Balaban J connectivity index is 2.59. The Morgan fingerprint density at radius 3 is 2.89 bits per heavy atom. The topological polar surface area (TPSA) is 41.1 Å². The van der Waals surface area contributed by atoms with Crippen LogP contribution < -0.4 is 10.6 Å². The Bertz CT molecular complexity index is 149. The summed E-state index contributed by atoms with van der Waals surface area (Å²) in [5, 5.41) is 6.07. The molecule has 0 aliphatic carbocycles. The van der Waals surface area contributed by atoms with Crippen LogP contribution in [0, 0.1) is 0 Å². The van der Waals surface area contributed by atoms with E-state index in [1.807, 2.05) is 12.9 Å². The molecule has 0 spiro atoms. The fourth-order valence-corrected chi connectivity index (χ4v) is 0.865. The summed E-state index contributed by atoms with van der Waals surface area (Å²) in [5.74, 6) is 1.85. The molecule has 1 aliphatic rings. The summed E-state index contributed by atoms with van der Waals surface area (Å²) in [7, 11) is 0. The highest BCUT2D eigenvalue weighted by Crippen LogP contribution is 1.95. The zero-order chi connectivity index (χ0) is 6.69. The third-order valence-corrected chi connectivity index (χ3v) is 1.43. The highest BCUT2D eigenvalue weighted by molar-refractivity contribution is 5.53. The van der Waals surface area contributed by atoms with Crippen LogP contribution >= 0.6 is 0 Å². The zero-order valence-electron chi connectivity index (χ0n) is 5.40. The van der Waals surface area contributed by atoms with Gasteiger partial charge in [-0.1, -0.05) is 0 Å². The van der Waals surface area contributed by atoms with Crippen LogP contribution in [-0.4, -0.2) is 25.1 Å². The van der Waals surface area contributed by atoms with Crippen molar-refractivity contribution < 1.29 is 4.79 Å². The fraction of sp³-hybridized carbons (Fsp3) is 0.667. The molecule has 9 heavy (non-hydrogen) atoms. The monoisotopic (exact) mass is 126 g/mol. The van der Waals surface area contributed by atoms with Gasteiger partial charge >= 0.3 is 0 Å². The number of nitrogens with one attached hydrogen (secondary N) is 2. The average molecular weight is 126 g/mol. The van der Waals surface area contributed by atoms with Crippen molar-refractivity contribution in [2.24, 2.45) is 0 Å². The van der Waals surface area contributed by atoms with Gasteiger partial charge in [0.25, 0.3) is 0 Å². The Morgan fingerprint density at radius 2 is 2.44 bits per heavy atom. The molecule has 1 fully saturated rings. The first-order valence-corrected chi connectivity index (χ1v) is 3.07. The summed E-state index contributed by atoms with van der Waals surface area (Å²) in [6.07, 6.45) is 0. The Hall–Kier alpha value is -0.790. The molecule has 1 atom stereocenters. The van der Waals surface area contributed by atoms with Gasteiger partial charge in [-0.25, -0.2) is 4.79 Å². The molecule has 0 aromatic carbocycles. The van der Waals surface area contributed by atoms with Crippen molar-refractivity contribution in [3.63, 3.8) is 0 Å². The van der Waals surface area contributed by atoms with Crippen molar-refractivity contribution in [1.82, 2.24) is 10.6 Å². The predicted octanol–water partition coefficient (Wildman–Crippen LogP) is -0.717. The Kier molecular flexibility index (Phi) is 1.88. The number of piperazine rings is 1. The minimum absolute atomic E-state index is 0.149. The van der Waals surface area contributed by atoms with Gasteiger partial charge in [0.15, 0.2) is 0 Å². The lowest BCUT2D eigenvalue weighted by atomic mass is 10.2. The van der Waals surface area contributed by atoms with Gasteiger partial charge in [0, 0.05) is 13.1 Å². The molecule has 0 amide bonds. The SMILES string of the molecule is C[C@H]1NCCNC1=C=O. The Labute approximate surface area is 54.1 Å². The van der Waals surface area contributed by atoms with Crippen LogP contribution in [0.2, 0.25) is 0 Å². The van der Waals surface area contributed by atoms with Crippen molar-refractivity contribution in [1.29, 1.82) is 0 Å². The lowest BCUT2D eigenvalue weighted by Crippen LogP contribution is -2.44. The number of hydrogen-bond acceptors (Lipinski definition) is 3. The van der Waals surface area contributed by atoms with Crippen molar-refractivity contribution in [2.45, 2.75) is 13.0 Å². The van der Waals surface area contributed by atoms with Gasteiger partial charge in [0.1, 0.15) is 11.6 Å². The molecular weight excluding hydrogens is 116 g/mol. The Morgan fingerprint density at radius 1 is 1.67 bits per heavy atom. The van der Waals surface area contributed by atoms with E-state index in [1.54, 1.807) is 0 Å². The van der Waals surface area contributed by atoms with Crippen LogP contribution in [0.15, 0.2) is 5.70 Å². The molecule has 2 N–H and O–H groups in total. The highest BCUT2D eigenvalue weighted by atomic mass is 16.1. The molecule has 0 radical (unpaired) electrons. The second-order valence-electron chi connectivity index (χ2n) is 2.12. The lowest BCUT2D eigenvalue weighted by molar-refractivity contribution is 0.499.